The van der Waals surface area contributed by atoms with Crippen molar-refractivity contribution in [1.29, 1.82) is 0 Å². The lowest BCUT2D eigenvalue weighted by Crippen LogP contribution is -2.18. The number of sulfonamides is 1. The van der Waals surface area contributed by atoms with Gasteiger partial charge in [-0.2, -0.15) is 0 Å². The van der Waals surface area contributed by atoms with Crippen molar-refractivity contribution in [3.05, 3.63) is 53.0 Å². The quantitative estimate of drug-likeness (QED) is 0.508. The van der Waals surface area contributed by atoms with Crippen molar-refractivity contribution in [2.75, 3.05) is 19.8 Å². The predicted molar refractivity (Wildman–Crippen MR) is 93.9 cm³/mol. The number of hydrogen-bond acceptors (Lipinski definition) is 6. The minimum Gasteiger partial charge on any atom is -0.490 e. The van der Waals surface area contributed by atoms with Crippen LogP contribution in [0.1, 0.15) is 0 Å². The Labute approximate surface area is 153 Å². The average molecular weight is 430 g/mol. The van der Waals surface area contributed by atoms with E-state index < -0.39 is 16.0 Å². The summed E-state index contributed by atoms with van der Waals surface area (Å²) in [6, 6.07) is 12.7. The molecule has 0 aromatic heterocycles. The lowest BCUT2D eigenvalue weighted by atomic mass is 10.3. The molecule has 0 saturated carbocycles. The molecule has 0 radical (unpaired) electrons. The summed E-state index contributed by atoms with van der Waals surface area (Å²) in [7, 11) is -3.73. The molecule has 2 aromatic carbocycles. The molecule has 7 nitrogen and oxygen atoms in total. The van der Waals surface area contributed by atoms with Gasteiger partial charge < -0.3 is 14.2 Å². The van der Waals surface area contributed by atoms with Gasteiger partial charge in [-0.1, -0.05) is 22.0 Å². The summed E-state index contributed by atoms with van der Waals surface area (Å²) in [4.78, 5) is 11.6. The van der Waals surface area contributed by atoms with Crippen LogP contribution in [0.15, 0.2) is 57.9 Å². The van der Waals surface area contributed by atoms with Gasteiger partial charge >= 0.3 is 5.97 Å². The van der Waals surface area contributed by atoms with Gasteiger partial charge in [0.05, 0.1) is 4.90 Å². The Morgan fingerprint density at radius 2 is 1.72 bits per heavy atom. The van der Waals surface area contributed by atoms with Crippen LogP contribution in [0.4, 0.5) is 0 Å². The van der Waals surface area contributed by atoms with Crippen molar-refractivity contribution in [3.8, 4) is 11.5 Å². The summed E-state index contributed by atoms with van der Waals surface area (Å²) in [5.74, 6) is 0.472. The maximum atomic E-state index is 11.6. The number of hydrogen-bond donors (Lipinski definition) is 1. The van der Waals surface area contributed by atoms with Gasteiger partial charge in [0.1, 0.15) is 24.7 Å². The molecule has 0 aliphatic heterocycles. The highest BCUT2D eigenvalue weighted by molar-refractivity contribution is 9.10. The molecule has 0 saturated heterocycles. The minimum absolute atomic E-state index is 0.00373. The zero-order valence-corrected chi connectivity index (χ0v) is 15.5. The fourth-order valence-corrected chi connectivity index (χ4v) is 2.67. The van der Waals surface area contributed by atoms with Crippen LogP contribution in [0.5, 0.6) is 11.5 Å². The number of esters is 1. The van der Waals surface area contributed by atoms with Crippen LogP contribution in [-0.2, 0) is 19.6 Å². The van der Waals surface area contributed by atoms with E-state index in [2.05, 4.69) is 15.9 Å². The molecule has 0 amide bonds. The highest BCUT2D eigenvalue weighted by Crippen LogP contribution is 2.17. The molecule has 2 rings (SSSR count). The second-order valence-corrected chi connectivity index (χ2v) is 7.31. The van der Waals surface area contributed by atoms with Gasteiger partial charge in [0.2, 0.25) is 10.0 Å². The van der Waals surface area contributed by atoms with Crippen LogP contribution >= 0.6 is 15.9 Å². The second-order valence-electron chi connectivity index (χ2n) is 4.83. The molecular weight excluding hydrogens is 414 g/mol. The number of benzene rings is 2. The van der Waals surface area contributed by atoms with Crippen molar-refractivity contribution in [1.82, 2.24) is 0 Å². The van der Waals surface area contributed by atoms with E-state index in [0.717, 1.165) is 4.47 Å². The van der Waals surface area contributed by atoms with Gasteiger partial charge in [0.25, 0.3) is 0 Å². The topological polar surface area (TPSA) is 105 Å². The van der Waals surface area contributed by atoms with Crippen LogP contribution in [0.2, 0.25) is 0 Å². The van der Waals surface area contributed by atoms with Crippen LogP contribution in [0.3, 0.4) is 0 Å². The summed E-state index contributed by atoms with van der Waals surface area (Å²) in [6.07, 6.45) is 0. The first kappa shape index (κ1) is 19.2. The summed E-state index contributed by atoms with van der Waals surface area (Å²) < 4.78 is 38.7. The van der Waals surface area contributed by atoms with Crippen LogP contribution < -0.4 is 14.6 Å². The Morgan fingerprint density at radius 1 is 1.00 bits per heavy atom. The third-order valence-corrected chi connectivity index (χ3v) is 4.34. The average Bonchev–Trinajstić information content (AvgIpc) is 2.57. The number of carbonyl (C=O) groups excluding carboxylic acids is 1. The fourth-order valence-electron chi connectivity index (χ4n) is 1.78. The third-order valence-electron chi connectivity index (χ3n) is 2.92. The summed E-state index contributed by atoms with van der Waals surface area (Å²) >= 11 is 3.30. The van der Waals surface area contributed by atoms with Gasteiger partial charge in [0.15, 0.2) is 6.61 Å². The molecule has 0 spiro atoms. The molecule has 134 valence electrons. The van der Waals surface area contributed by atoms with E-state index in [0.29, 0.717) is 11.5 Å². The smallest absolute Gasteiger partial charge is 0.344 e. The molecule has 0 bridgehead atoms. The fraction of sp³-hybridized carbons (Fsp3) is 0.188. The third kappa shape index (κ3) is 6.73. The largest absolute Gasteiger partial charge is 0.490 e. The standard InChI is InChI=1S/C16H16BrNO6S/c17-12-2-1-3-14(10-12)24-11-16(19)23-9-8-22-13-4-6-15(7-5-13)25(18,20)21/h1-7,10H,8-9,11H2,(H2,18,20,21). The first-order chi connectivity index (χ1) is 11.8. The number of rotatable bonds is 8. The first-order valence-electron chi connectivity index (χ1n) is 7.14. The molecule has 0 fully saturated rings. The Bertz CT molecular complexity index is 823. The molecule has 0 heterocycles. The Morgan fingerprint density at radius 3 is 2.36 bits per heavy atom. The maximum absolute atomic E-state index is 11.6. The van der Waals surface area contributed by atoms with Gasteiger partial charge in [-0.3, -0.25) is 0 Å². The molecule has 2 aromatic rings. The molecule has 0 atom stereocenters. The summed E-state index contributed by atoms with van der Waals surface area (Å²) in [5.41, 5.74) is 0. The van der Waals surface area contributed by atoms with Crippen molar-refractivity contribution >= 4 is 31.9 Å². The molecule has 0 aliphatic rings. The van der Waals surface area contributed by atoms with E-state index in [-0.39, 0.29) is 24.7 Å². The van der Waals surface area contributed by atoms with Crippen molar-refractivity contribution < 1.29 is 27.4 Å². The number of nitrogens with two attached hydrogens (primary N) is 1. The predicted octanol–water partition coefficient (Wildman–Crippen LogP) is 2.10. The zero-order chi connectivity index (χ0) is 18.3. The van der Waals surface area contributed by atoms with Gasteiger partial charge in [0, 0.05) is 4.47 Å². The maximum Gasteiger partial charge on any atom is 0.344 e. The van der Waals surface area contributed by atoms with E-state index >= 15 is 0 Å². The Hall–Kier alpha value is -2.10. The summed E-state index contributed by atoms with van der Waals surface area (Å²) in [6.45, 7) is -0.0471. The number of carbonyl (C=O) groups is 1. The van der Waals surface area contributed by atoms with E-state index in [1.165, 1.54) is 24.3 Å². The van der Waals surface area contributed by atoms with Crippen LogP contribution in [0.25, 0.3) is 0 Å². The highest BCUT2D eigenvalue weighted by atomic mass is 79.9. The van der Waals surface area contributed by atoms with E-state index in [1.807, 2.05) is 6.07 Å². The number of ether oxygens (including phenoxy) is 3. The van der Waals surface area contributed by atoms with Gasteiger partial charge in [-0.05, 0) is 42.5 Å². The normalized spacial score (nSPS) is 11.0. The van der Waals surface area contributed by atoms with E-state index in [4.69, 9.17) is 19.3 Å². The molecule has 0 unspecified atom stereocenters. The van der Waals surface area contributed by atoms with Crippen molar-refractivity contribution in [3.63, 3.8) is 0 Å². The second kappa shape index (κ2) is 8.84. The lowest BCUT2D eigenvalue weighted by Gasteiger charge is -2.09. The minimum atomic E-state index is -3.73. The first-order valence-corrected chi connectivity index (χ1v) is 9.48. The number of primary sulfonamides is 1. The van der Waals surface area contributed by atoms with Crippen LogP contribution in [-0.4, -0.2) is 34.2 Å². The zero-order valence-electron chi connectivity index (χ0n) is 13.1. The molecule has 25 heavy (non-hydrogen) atoms. The molecule has 0 aliphatic carbocycles. The van der Waals surface area contributed by atoms with Gasteiger partial charge in [-0.15, -0.1) is 0 Å². The molecule has 9 heteroatoms. The number of halogens is 1. The van der Waals surface area contributed by atoms with Gasteiger partial charge in [-0.25, -0.2) is 18.4 Å². The van der Waals surface area contributed by atoms with Crippen molar-refractivity contribution in [2.24, 2.45) is 5.14 Å². The Balaban J connectivity index is 1.67. The molecule has 2 N–H and O–H groups in total. The van der Waals surface area contributed by atoms with E-state index in [1.54, 1.807) is 18.2 Å². The SMILES string of the molecule is NS(=O)(=O)c1ccc(OCCOC(=O)COc2cccc(Br)c2)cc1. The van der Waals surface area contributed by atoms with E-state index in [9.17, 15) is 13.2 Å². The van der Waals surface area contributed by atoms with Crippen molar-refractivity contribution in [2.45, 2.75) is 4.90 Å². The molecular formula is C16H16BrNO6S. The lowest BCUT2D eigenvalue weighted by molar-refractivity contribution is -0.146. The van der Waals surface area contributed by atoms with Crippen LogP contribution in [0, 0.1) is 0 Å². The highest BCUT2D eigenvalue weighted by Gasteiger charge is 2.08. The summed E-state index contributed by atoms with van der Waals surface area (Å²) in [5, 5.41) is 5.00. The monoisotopic (exact) mass is 429 g/mol. The Kier molecular flexibility index (Phi) is 6.80.